The molecule has 152 valence electrons. The number of fused-ring (bicyclic) bond motifs is 1. The predicted molar refractivity (Wildman–Crippen MR) is 112 cm³/mol. The minimum Gasteiger partial charge on any atom is -0.497 e. The molecule has 1 fully saturated rings. The van der Waals surface area contributed by atoms with Crippen LogP contribution in [0.25, 0.3) is 16.9 Å². The van der Waals surface area contributed by atoms with Crippen molar-refractivity contribution in [1.29, 1.82) is 0 Å². The molecule has 0 saturated carbocycles. The number of methoxy groups -OCH3 is 1. The standard InChI is InChI=1S/C22H27N5O2/c1-29-18-8-6-17(7-9-18)20-21-25-19(16-27(21)15-11-23-20)22(28)24-10-5-14-26-12-3-2-4-13-26/h6-9,11,15-16H,2-5,10,12-14H2,1H3,(H,24,28). The molecule has 7 nitrogen and oxygen atoms in total. The maximum absolute atomic E-state index is 12.6. The molecule has 0 aliphatic carbocycles. The number of amides is 1. The van der Waals surface area contributed by atoms with E-state index in [0.29, 0.717) is 17.9 Å². The first-order valence-corrected chi connectivity index (χ1v) is 10.2. The van der Waals surface area contributed by atoms with Crippen LogP contribution in [0.5, 0.6) is 5.75 Å². The molecular weight excluding hydrogens is 366 g/mol. The Morgan fingerprint density at radius 1 is 1.17 bits per heavy atom. The molecule has 0 unspecified atom stereocenters. The van der Waals surface area contributed by atoms with E-state index in [0.717, 1.165) is 30.0 Å². The van der Waals surface area contributed by atoms with Crippen molar-refractivity contribution in [2.45, 2.75) is 25.7 Å². The van der Waals surface area contributed by atoms with E-state index < -0.39 is 0 Å². The molecular formula is C22H27N5O2. The maximum atomic E-state index is 12.6. The van der Waals surface area contributed by atoms with E-state index in [-0.39, 0.29) is 5.91 Å². The zero-order valence-corrected chi connectivity index (χ0v) is 16.8. The summed E-state index contributed by atoms with van der Waals surface area (Å²) in [5.74, 6) is 0.640. The maximum Gasteiger partial charge on any atom is 0.271 e. The summed E-state index contributed by atoms with van der Waals surface area (Å²) in [6, 6.07) is 7.66. The van der Waals surface area contributed by atoms with Crippen LogP contribution >= 0.6 is 0 Å². The third kappa shape index (κ3) is 4.56. The molecule has 1 aliphatic rings. The second-order valence-electron chi connectivity index (χ2n) is 7.37. The second kappa shape index (κ2) is 9.05. The lowest BCUT2D eigenvalue weighted by molar-refractivity contribution is 0.0946. The zero-order chi connectivity index (χ0) is 20.1. The van der Waals surface area contributed by atoms with E-state index in [9.17, 15) is 4.79 Å². The number of nitrogens with zero attached hydrogens (tertiary/aromatic N) is 4. The molecule has 3 heterocycles. The summed E-state index contributed by atoms with van der Waals surface area (Å²) in [6.07, 6.45) is 10.2. The summed E-state index contributed by atoms with van der Waals surface area (Å²) in [5, 5.41) is 3.00. The van der Waals surface area contributed by atoms with Crippen LogP contribution in [0.2, 0.25) is 0 Å². The topological polar surface area (TPSA) is 71.8 Å². The van der Waals surface area contributed by atoms with E-state index in [2.05, 4.69) is 20.2 Å². The Bertz CT molecular complexity index is 961. The fraction of sp³-hybridized carbons (Fsp3) is 0.409. The van der Waals surface area contributed by atoms with Gasteiger partial charge in [-0.2, -0.15) is 0 Å². The normalized spacial score (nSPS) is 14.8. The SMILES string of the molecule is COc1ccc(-c2nccn3cc(C(=O)NCCCN4CCCCC4)nc23)cc1. The van der Waals surface area contributed by atoms with E-state index in [1.165, 1.54) is 32.4 Å². The van der Waals surface area contributed by atoms with Gasteiger partial charge in [-0.05, 0) is 63.2 Å². The van der Waals surface area contributed by atoms with Gasteiger partial charge in [0.2, 0.25) is 0 Å². The molecule has 4 rings (SSSR count). The van der Waals surface area contributed by atoms with Crippen LogP contribution in [0.3, 0.4) is 0 Å². The Morgan fingerprint density at radius 3 is 2.72 bits per heavy atom. The van der Waals surface area contributed by atoms with Gasteiger partial charge in [-0.3, -0.25) is 9.78 Å². The van der Waals surface area contributed by atoms with Gasteiger partial charge in [-0.1, -0.05) is 6.42 Å². The first-order chi connectivity index (χ1) is 14.2. The average molecular weight is 393 g/mol. The molecule has 1 saturated heterocycles. The Balaban J connectivity index is 1.42. The Hall–Kier alpha value is -2.93. The lowest BCUT2D eigenvalue weighted by Crippen LogP contribution is -2.33. The Morgan fingerprint density at radius 2 is 1.97 bits per heavy atom. The molecule has 0 atom stereocenters. The molecule has 3 aromatic rings. The second-order valence-corrected chi connectivity index (χ2v) is 7.37. The number of aromatic nitrogens is 3. The van der Waals surface area contributed by atoms with E-state index in [1.54, 1.807) is 19.5 Å². The lowest BCUT2D eigenvalue weighted by atomic mass is 10.1. The molecule has 29 heavy (non-hydrogen) atoms. The first kappa shape index (κ1) is 19.4. The van der Waals surface area contributed by atoms with Crippen molar-refractivity contribution in [3.63, 3.8) is 0 Å². The lowest BCUT2D eigenvalue weighted by Gasteiger charge is -2.26. The van der Waals surface area contributed by atoms with Crippen molar-refractivity contribution in [2.24, 2.45) is 0 Å². The predicted octanol–water partition coefficient (Wildman–Crippen LogP) is 3.01. The quantitative estimate of drug-likeness (QED) is 0.625. The fourth-order valence-corrected chi connectivity index (χ4v) is 3.76. The summed E-state index contributed by atoms with van der Waals surface area (Å²) in [6.45, 7) is 4.06. The summed E-state index contributed by atoms with van der Waals surface area (Å²) in [4.78, 5) is 24.1. The summed E-state index contributed by atoms with van der Waals surface area (Å²) >= 11 is 0. The molecule has 0 spiro atoms. The van der Waals surface area contributed by atoms with Gasteiger partial charge in [0, 0.05) is 30.7 Å². The van der Waals surface area contributed by atoms with Crippen molar-refractivity contribution in [1.82, 2.24) is 24.6 Å². The number of hydrogen-bond donors (Lipinski definition) is 1. The minimum absolute atomic E-state index is 0.145. The largest absolute Gasteiger partial charge is 0.497 e. The van der Waals surface area contributed by atoms with Gasteiger partial charge in [-0.25, -0.2) is 4.98 Å². The molecule has 2 aromatic heterocycles. The molecule has 1 N–H and O–H groups in total. The number of likely N-dealkylation sites (tertiary alicyclic amines) is 1. The summed E-state index contributed by atoms with van der Waals surface area (Å²) in [7, 11) is 1.64. The van der Waals surface area contributed by atoms with Crippen molar-refractivity contribution in [3.05, 3.63) is 48.5 Å². The fourth-order valence-electron chi connectivity index (χ4n) is 3.76. The van der Waals surface area contributed by atoms with Gasteiger partial charge < -0.3 is 19.4 Å². The van der Waals surface area contributed by atoms with Crippen molar-refractivity contribution >= 4 is 11.6 Å². The smallest absolute Gasteiger partial charge is 0.271 e. The van der Waals surface area contributed by atoms with Gasteiger partial charge in [0.05, 0.1) is 7.11 Å². The number of ether oxygens (including phenoxy) is 1. The third-order valence-corrected chi connectivity index (χ3v) is 5.36. The van der Waals surface area contributed by atoms with Crippen LogP contribution in [0, 0.1) is 0 Å². The molecule has 0 bridgehead atoms. The molecule has 1 aromatic carbocycles. The highest BCUT2D eigenvalue weighted by molar-refractivity contribution is 5.93. The number of rotatable bonds is 7. The van der Waals surface area contributed by atoms with Gasteiger partial charge in [0.1, 0.15) is 17.1 Å². The summed E-state index contributed by atoms with van der Waals surface area (Å²) in [5.41, 5.74) is 2.73. The van der Waals surface area contributed by atoms with Crippen molar-refractivity contribution < 1.29 is 9.53 Å². The molecule has 0 radical (unpaired) electrons. The van der Waals surface area contributed by atoms with Crippen molar-refractivity contribution in [2.75, 3.05) is 33.3 Å². The van der Waals surface area contributed by atoms with E-state index in [4.69, 9.17) is 4.74 Å². The third-order valence-electron chi connectivity index (χ3n) is 5.36. The number of piperidine rings is 1. The van der Waals surface area contributed by atoms with Crippen LogP contribution in [0.15, 0.2) is 42.9 Å². The highest BCUT2D eigenvalue weighted by Crippen LogP contribution is 2.24. The van der Waals surface area contributed by atoms with Crippen LogP contribution < -0.4 is 10.1 Å². The Kier molecular flexibility index (Phi) is 6.05. The van der Waals surface area contributed by atoms with Gasteiger partial charge in [0.25, 0.3) is 5.91 Å². The molecule has 7 heteroatoms. The van der Waals surface area contributed by atoms with Gasteiger partial charge in [0.15, 0.2) is 5.65 Å². The van der Waals surface area contributed by atoms with E-state index in [1.807, 2.05) is 34.9 Å². The first-order valence-electron chi connectivity index (χ1n) is 10.2. The highest BCUT2D eigenvalue weighted by Gasteiger charge is 2.15. The average Bonchev–Trinajstić information content (AvgIpc) is 3.22. The number of nitrogens with one attached hydrogen (secondary N) is 1. The summed E-state index contributed by atoms with van der Waals surface area (Å²) < 4.78 is 7.06. The molecule has 1 amide bonds. The van der Waals surface area contributed by atoms with Crippen LogP contribution in [-0.2, 0) is 0 Å². The number of benzene rings is 1. The number of imidazole rings is 1. The highest BCUT2D eigenvalue weighted by atomic mass is 16.5. The molecule has 1 aliphatic heterocycles. The number of carbonyl (C=O) groups excluding carboxylic acids is 1. The van der Waals surface area contributed by atoms with Gasteiger partial charge >= 0.3 is 0 Å². The van der Waals surface area contributed by atoms with E-state index >= 15 is 0 Å². The van der Waals surface area contributed by atoms with Crippen LogP contribution in [0.4, 0.5) is 0 Å². The number of hydrogen-bond acceptors (Lipinski definition) is 5. The van der Waals surface area contributed by atoms with Gasteiger partial charge in [-0.15, -0.1) is 0 Å². The van der Waals surface area contributed by atoms with Crippen LogP contribution in [0.1, 0.15) is 36.2 Å². The van der Waals surface area contributed by atoms with Crippen LogP contribution in [-0.4, -0.2) is 58.5 Å². The minimum atomic E-state index is -0.145. The zero-order valence-electron chi connectivity index (χ0n) is 16.8. The van der Waals surface area contributed by atoms with Crippen molar-refractivity contribution in [3.8, 4) is 17.0 Å². The number of carbonyl (C=O) groups is 1. The Labute approximate surface area is 170 Å². The monoisotopic (exact) mass is 393 g/mol.